The topological polar surface area (TPSA) is 29.9 Å². The van der Waals surface area contributed by atoms with Crippen LogP contribution in [-0.4, -0.2) is 16.7 Å². The molecule has 0 bridgehead atoms. The molecule has 0 spiro atoms. The van der Waals surface area contributed by atoms with E-state index in [2.05, 4.69) is 4.98 Å². The molecule has 0 aliphatic carbocycles. The van der Waals surface area contributed by atoms with Crippen LogP contribution < -0.4 is 4.74 Å². The Bertz CT molecular complexity index is 400. The molecule has 0 amide bonds. The van der Waals surface area contributed by atoms with Crippen molar-refractivity contribution in [2.75, 3.05) is 7.11 Å². The SMILES string of the molecule is COc1cc[nH]c1-c1cccn1C. The average molecular weight is 176 g/mol. The molecule has 0 saturated carbocycles. The molecule has 0 fully saturated rings. The third-order valence-corrected chi connectivity index (χ3v) is 2.13. The second-order valence-corrected chi connectivity index (χ2v) is 2.93. The van der Waals surface area contributed by atoms with E-state index in [1.807, 2.05) is 42.2 Å². The predicted octanol–water partition coefficient (Wildman–Crippen LogP) is 2.03. The van der Waals surface area contributed by atoms with Crippen molar-refractivity contribution in [2.24, 2.45) is 7.05 Å². The fourth-order valence-corrected chi connectivity index (χ4v) is 1.45. The molecule has 1 N–H and O–H groups in total. The van der Waals surface area contributed by atoms with Gasteiger partial charge in [-0.3, -0.25) is 0 Å². The third kappa shape index (κ3) is 1.22. The molecule has 0 aromatic carbocycles. The van der Waals surface area contributed by atoms with Gasteiger partial charge in [0.2, 0.25) is 0 Å². The highest BCUT2D eigenvalue weighted by molar-refractivity contribution is 5.63. The minimum absolute atomic E-state index is 0.877. The lowest BCUT2D eigenvalue weighted by Crippen LogP contribution is -1.91. The standard InChI is InChI=1S/C10H12N2O/c1-12-7-3-4-8(12)10-9(13-2)5-6-11-10/h3-7,11H,1-2H3. The van der Waals surface area contributed by atoms with E-state index in [0.29, 0.717) is 0 Å². The molecule has 0 atom stereocenters. The third-order valence-electron chi connectivity index (χ3n) is 2.13. The molecule has 3 nitrogen and oxygen atoms in total. The van der Waals surface area contributed by atoms with Crippen LogP contribution in [0.3, 0.4) is 0 Å². The monoisotopic (exact) mass is 176 g/mol. The number of aromatic amines is 1. The first kappa shape index (κ1) is 7.98. The van der Waals surface area contributed by atoms with Crippen molar-refractivity contribution >= 4 is 0 Å². The van der Waals surface area contributed by atoms with Crippen LogP contribution in [0.4, 0.5) is 0 Å². The van der Waals surface area contributed by atoms with Crippen molar-refractivity contribution < 1.29 is 4.74 Å². The molecular weight excluding hydrogens is 164 g/mol. The number of methoxy groups -OCH3 is 1. The van der Waals surface area contributed by atoms with Gasteiger partial charge in [-0.15, -0.1) is 0 Å². The first-order valence-electron chi connectivity index (χ1n) is 4.16. The van der Waals surface area contributed by atoms with Crippen LogP contribution >= 0.6 is 0 Å². The Kier molecular flexibility index (Phi) is 1.85. The second-order valence-electron chi connectivity index (χ2n) is 2.93. The molecule has 2 aromatic heterocycles. The zero-order valence-corrected chi connectivity index (χ0v) is 7.74. The van der Waals surface area contributed by atoms with Gasteiger partial charge in [-0.1, -0.05) is 0 Å². The highest BCUT2D eigenvalue weighted by Crippen LogP contribution is 2.27. The fraction of sp³-hybridized carbons (Fsp3) is 0.200. The van der Waals surface area contributed by atoms with Gasteiger partial charge in [-0.25, -0.2) is 0 Å². The van der Waals surface area contributed by atoms with Crippen LogP contribution in [0.5, 0.6) is 5.75 Å². The number of aryl methyl sites for hydroxylation is 1. The van der Waals surface area contributed by atoms with E-state index in [1.165, 1.54) is 0 Å². The first-order valence-corrected chi connectivity index (χ1v) is 4.16. The molecule has 0 radical (unpaired) electrons. The summed E-state index contributed by atoms with van der Waals surface area (Å²) in [5, 5.41) is 0. The van der Waals surface area contributed by atoms with Gasteiger partial charge in [-0.2, -0.15) is 0 Å². The van der Waals surface area contributed by atoms with Gasteiger partial charge in [-0.05, 0) is 18.2 Å². The number of aromatic nitrogens is 2. The summed E-state index contributed by atoms with van der Waals surface area (Å²) in [6.07, 6.45) is 3.89. The Hall–Kier alpha value is -1.64. The van der Waals surface area contributed by atoms with Crippen molar-refractivity contribution in [1.29, 1.82) is 0 Å². The Balaban J connectivity index is 2.52. The maximum absolute atomic E-state index is 5.22. The largest absolute Gasteiger partial charge is 0.494 e. The highest BCUT2D eigenvalue weighted by Gasteiger charge is 2.08. The smallest absolute Gasteiger partial charge is 0.145 e. The van der Waals surface area contributed by atoms with E-state index < -0.39 is 0 Å². The van der Waals surface area contributed by atoms with Crippen LogP contribution in [0.25, 0.3) is 11.4 Å². The Labute approximate surface area is 77.0 Å². The first-order chi connectivity index (χ1) is 6.33. The van der Waals surface area contributed by atoms with Crippen molar-refractivity contribution in [2.45, 2.75) is 0 Å². The Morgan fingerprint density at radius 1 is 1.38 bits per heavy atom. The van der Waals surface area contributed by atoms with Gasteiger partial charge in [0.05, 0.1) is 12.8 Å². The number of nitrogens with zero attached hydrogens (tertiary/aromatic N) is 1. The average Bonchev–Trinajstić information content (AvgIpc) is 2.71. The Morgan fingerprint density at radius 3 is 2.85 bits per heavy atom. The van der Waals surface area contributed by atoms with Crippen molar-refractivity contribution in [3.05, 3.63) is 30.6 Å². The minimum atomic E-state index is 0.877. The van der Waals surface area contributed by atoms with Crippen molar-refractivity contribution in [1.82, 2.24) is 9.55 Å². The molecule has 0 aliphatic heterocycles. The normalized spacial score (nSPS) is 10.3. The summed E-state index contributed by atoms with van der Waals surface area (Å²) in [7, 11) is 3.69. The van der Waals surface area contributed by atoms with Gasteiger partial charge in [0, 0.05) is 19.4 Å². The summed E-state index contributed by atoms with van der Waals surface area (Å²) < 4.78 is 7.27. The van der Waals surface area contributed by atoms with Crippen LogP contribution in [-0.2, 0) is 7.05 Å². The number of hydrogen-bond donors (Lipinski definition) is 1. The lowest BCUT2D eigenvalue weighted by molar-refractivity contribution is 0.417. The van der Waals surface area contributed by atoms with E-state index >= 15 is 0 Å². The predicted molar refractivity (Wildman–Crippen MR) is 51.8 cm³/mol. The molecule has 0 aliphatic rings. The Morgan fingerprint density at radius 2 is 2.23 bits per heavy atom. The summed E-state index contributed by atoms with van der Waals surface area (Å²) in [5.41, 5.74) is 2.15. The van der Waals surface area contributed by atoms with E-state index in [1.54, 1.807) is 7.11 Å². The molecule has 68 valence electrons. The number of ether oxygens (including phenoxy) is 1. The molecule has 3 heteroatoms. The van der Waals surface area contributed by atoms with Crippen LogP contribution in [0.2, 0.25) is 0 Å². The molecule has 2 heterocycles. The van der Waals surface area contributed by atoms with Gasteiger partial charge >= 0.3 is 0 Å². The zero-order chi connectivity index (χ0) is 9.26. The molecule has 0 unspecified atom stereocenters. The molecule has 13 heavy (non-hydrogen) atoms. The van der Waals surface area contributed by atoms with E-state index in [4.69, 9.17) is 4.74 Å². The second kappa shape index (κ2) is 3.01. The number of rotatable bonds is 2. The molecule has 2 aromatic rings. The maximum atomic E-state index is 5.22. The van der Waals surface area contributed by atoms with Crippen LogP contribution in [0.1, 0.15) is 0 Å². The van der Waals surface area contributed by atoms with Crippen molar-refractivity contribution in [3.8, 4) is 17.1 Å². The van der Waals surface area contributed by atoms with Gasteiger partial charge in [0.1, 0.15) is 11.4 Å². The van der Waals surface area contributed by atoms with E-state index in [0.717, 1.165) is 17.1 Å². The number of H-pyrrole nitrogens is 1. The molecule has 2 rings (SSSR count). The van der Waals surface area contributed by atoms with Gasteiger partial charge < -0.3 is 14.3 Å². The maximum Gasteiger partial charge on any atom is 0.145 e. The van der Waals surface area contributed by atoms with Gasteiger partial charge in [0.25, 0.3) is 0 Å². The minimum Gasteiger partial charge on any atom is -0.494 e. The summed E-state index contributed by atoms with van der Waals surface area (Å²) in [4.78, 5) is 3.15. The summed E-state index contributed by atoms with van der Waals surface area (Å²) in [6.45, 7) is 0. The summed E-state index contributed by atoms with van der Waals surface area (Å²) >= 11 is 0. The van der Waals surface area contributed by atoms with E-state index in [9.17, 15) is 0 Å². The number of nitrogens with one attached hydrogen (secondary N) is 1. The zero-order valence-electron chi connectivity index (χ0n) is 7.74. The lowest BCUT2D eigenvalue weighted by Gasteiger charge is -2.03. The molecular formula is C10H12N2O. The van der Waals surface area contributed by atoms with Gasteiger partial charge in [0.15, 0.2) is 0 Å². The van der Waals surface area contributed by atoms with Crippen LogP contribution in [0, 0.1) is 0 Å². The van der Waals surface area contributed by atoms with Crippen molar-refractivity contribution in [3.63, 3.8) is 0 Å². The molecule has 0 saturated heterocycles. The fourth-order valence-electron chi connectivity index (χ4n) is 1.45. The lowest BCUT2D eigenvalue weighted by atomic mass is 10.3. The quantitative estimate of drug-likeness (QED) is 0.745. The highest BCUT2D eigenvalue weighted by atomic mass is 16.5. The number of hydrogen-bond acceptors (Lipinski definition) is 1. The van der Waals surface area contributed by atoms with E-state index in [-0.39, 0.29) is 0 Å². The summed E-state index contributed by atoms with van der Waals surface area (Å²) in [5.74, 6) is 0.877. The summed E-state index contributed by atoms with van der Waals surface area (Å²) in [6, 6.07) is 5.98. The van der Waals surface area contributed by atoms with Crippen LogP contribution in [0.15, 0.2) is 30.6 Å².